The monoisotopic (exact) mass is 372 g/mol. The molecule has 0 aromatic carbocycles. The Morgan fingerprint density at radius 3 is 2.77 bits per heavy atom. The van der Waals surface area contributed by atoms with Crippen molar-refractivity contribution in [1.29, 1.82) is 0 Å². The number of anilines is 1. The Kier molecular flexibility index (Phi) is 4.35. The molecule has 3 rings (SSSR count). The van der Waals surface area contributed by atoms with Crippen molar-refractivity contribution in [1.82, 2.24) is 44.6 Å². The zero-order valence-electron chi connectivity index (χ0n) is 13.2. The van der Waals surface area contributed by atoms with Gasteiger partial charge >= 0.3 is 11.7 Å². The van der Waals surface area contributed by atoms with E-state index >= 15 is 0 Å². The Morgan fingerprint density at radius 2 is 2.12 bits per heavy atom. The molecule has 3 aromatic rings. The van der Waals surface area contributed by atoms with Gasteiger partial charge in [0.15, 0.2) is 0 Å². The summed E-state index contributed by atoms with van der Waals surface area (Å²) in [6, 6.07) is 0. The van der Waals surface area contributed by atoms with Gasteiger partial charge in [-0.15, -0.1) is 0 Å². The Labute approximate surface area is 141 Å². The van der Waals surface area contributed by atoms with E-state index in [1.165, 1.54) is 11.7 Å². The molecule has 138 valence electrons. The summed E-state index contributed by atoms with van der Waals surface area (Å²) in [6.07, 6.45) is -4.39. The van der Waals surface area contributed by atoms with Crippen LogP contribution in [0.1, 0.15) is 23.3 Å². The molecule has 0 aliphatic heterocycles. The van der Waals surface area contributed by atoms with Crippen molar-refractivity contribution in [3.8, 4) is 0 Å². The molecular formula is C11H11F3N10O2. The number of hydrogen-bond acceptors (Lipinski definition) is 8. The maximum absolute atomic E-state index is 12.2. The molecule has 0 radical (unpaired) electrons. The normalized spacial score (nSPS) is 11.8. The highest BCUT2D eigenvalue weighted by atomic mass is 19.4. The number of rotatable bonds is 5. The van der Waals surface area contributed by atoms with Crippen molar-refractivity contribution >= 4 is 17.6 Å². The first kappa shape index (κ1) is 17.4. The third-order valence-corrected chi connectivity index (χ3v) is 3.24. The molecule has 0 spiro atoms. The molecular weight excluding hydrogens is 361 g/mol. The molecule has 0 fully saturated rings. The van der Waals surface area contributed by atoms with Crippen LogP contribution in [0.15, 0.2) is 11.1 Å². The van der Waals surface area contributed by atoms with Crippen molar-refractivity contribution in [3.63, 3.8) is 0 Å². The van der Waals surface area contributed by atoms with Gasteiger partial charge in [0.2, 0.25) is 11.6 Å². The second-order valence-electron chi connectivity index (χ2n) is 5.16. The number of carbonyl (C=O) groups excluding carboxylic acids is 1. The number of halogens is 3. The van der Waals surface area contributed by atoms with Gasteiger partial charge in [-0.3, -0.25) is 14.9 Å². The lowest BCUT2D eigenvalue weighted by atomic mass is 10.3. The highest BCUT2D eigenvalue weighted by molar-refractivity contribution is 6.01. The average molecular weight is 372 g/mol. The standard InChI is InChI=1S/C11H11F3N10O2/c1-22-9(18-20-21-22)16-7(25)6-8(26)17-10-23(15-5-24(10)19-6)4-2-3-11(12,13)14/h5H,2-4H2,1H3,(H,16,18,21,25). The summed E-state index contributed by atoms with van der Waals surface area (Å²) in [5, 5.41) is 20.3. The highest BCUT2D eigenvalue weighted by Crippen LogP contribution is 2.21. The van der Waals surface area contributed by atoms with Crippen LogP contribution in [0.2, 0.25) is 0 Å². The Morgan fingerprint density at radius 1 is 1.35 bits per heavy atom. The molecule has 26 heavy (non-hydrogen) atoms. The first-order chi connectivity index (χ1) is 12.2. The van der Waals surface area contributed by atoms with Crippen LogP contribution in [-0.2, 0) is 13.6 Å². The number of hydrogen-bond donors (Lipinski definition) is 1. The first-order valence-electron chi connectivity index (χ1n) is 7.17. The maximum atomic E-state index is 12.2. The van der Waals surface area contributed by atoms with Crippen LogP contribution >= 0.6 is 0 Å². The predicted molar refractivity (Wildman–Crippen MR) is 77.1 cm³/mol. The van der Waals surface area contributed by atoms with Crippen LogP contribution in [0, 0.1) is 0 Å². The number of aryl methyl sites for hydroxylation is 2. The molecule has 0 unspecified atom stereocenters. The summed E-state index contributed by atoms with van der Waals surface area (Å²) in [6.45, 7) is -0.111. The summed E-state index contributed by atoms with van der Waals surface area (Å²) in [4.78, 5) is 27.8. The Hall–Kier alpha value is -3.39. The van der Waals surface area contributed by atoms with Gasteiger partial charge in [0, 0.05) is 20.0 Å². The third-order valence-electron chi connectivity index (χ3n) is 3.24. The van der Waals surface area contributed by atoms with Crippen molar-refractivity contribution in [2.45, 2.75) is 25.6 Å². The fraction of sp³-hybridized carbons (Fsp3) is 0.455. The van der Waals surface area contributed by atoms with Gasteiger partial charge in [0.05, 0.1) is 0 Å². The number of amides is 1. The minimum Gasteiger partial charge on any atom is -0.288 e. The van der Waals surface area contributed by atoms with Gasteiger partial charge in [-0.05, 0) is 16.8 Å². The fourth-order valence-electron chi connectivity index (χ4n) is 2.03. The van der Waals surface area contributed by atoms with Crippen LogP contribution in [0.25, 0.3) is 5.78 Å². The summed E-state index contributed by atoms with van der Waals surface area (Å²) in [7, 11) is 1.47. The molecule has 0 saturated heterocycles. The van der Waals surface area contributed by atoms with E-state index in [2.05, 4.69) is 36.0 Å². The lowest BCUT2D eigenvalue weighted by molar-refractivity contribution is -0.135. The minimum absolute atomic E-state index is 0.0101. The van der Waals surface area contributed by atoms with Crippen LogP contribution < -0.4 is 10.9 Å². The highest BCUT2D eigenvalue weighted by Gasteiger charge is 2.26. The van der Waals surface area contributed by atoms with Crippen LogP contribution in [-0.4, -0.2) is 56.7 Å². The van der Waals surface area contributed by atoms with Crippen LogP contribution in [0.4, 0.5) is 19.1 Å². The average Bonchev–Trinajstić information content (AvgIpc) is 3.12. The Bertz CT molecular complexity index is 1000. The molecule has 0 bridgehead atoms. The third kappa shape index (κ3) is 3.65. The van der Waals surface area contributed by atoms with Gasteiger partial charge in [-0.1, -0.05) is 5.10 Å². The van der Waals surface area contributed by atoms with Gasteiger partial charge < -0.3 is 0 Å². The van der Waals surface area contributed by atoms with E-state index in [9.17, 15) is 22.8 Å². The van der Waals surface area contributed by atoms with E-state index < -0.39 is 29.8 Å². The molecule has 1 N–H and O–H groups in total. The van der Waals surface area contributed by atoms with Crippen molar-refractivity contribution in [2.24, 2.45) is 7.05 Å². The van der Waals surface area contributed by atoms with E-state index in [1.54, 1.807) is 0 Å². The molecule has 0 atom stereocenters. The lowest BCUT2D eigenvalue weighted by Crippen LogP contribution is -2.28. The molecule has 0 saturated carbocycles. The van der Waals surface area contributed by atoms with Crippen LogP contribution in [0.5, 0.6) is 0 Å². The molecule has 0 aliphatic rings. The van der Waals surface area contributed by atoms with Crippen molar-refractivity contribution in [2.75, 3.05) is 5.32 Å². The number of fused-ring (bicyclic) bond motifs is 1. The van der Waals surface area contributed by atoms with Gasteiger partial charge in [0.25, 0.3) is 11.7 Å². The largest absolute Gasteiger partial charge is 0.389 e. The minimum atomic E-state index is -4.29. The quantitative estimate of drug-likeness (QED) is 0.627. The zero-order valence-corrected chi connectivity index (χ0v) is 13.2. The number of aromatic nitrogens is 9. The molecule has 0 aliphatic carbocycles. The lowest BCUT2D eigenvalue weighted by Gasteiger charge is -2.06. The predicted octanol–water partition coefficient (Wildman–Crippen LogP) is -0.596. The number of alkyl halides is 3. The topological polar surface area (TPSA) is 138 Å². The van der Waals surface area contributed by atoms with Crippen molar-refractivity contribution in [3.05, 3.63) is 22.4 Å². The SMILES string of the molecule is Cn1nnnc1NC(=O)c1nn2cnn(CCCC(F)(F)F)c2nc1=O. The van der Waals surface area contributed by atoms with E-state index in [0.717, 1.165) is 15.5 Å². The smallest absolute Gasteiger partial charge is 0.288 e. The number of carbonyl (C=O) groups is 1. The summed E-state index contributed by atoms with van der Waals surface area (Å²) < 4.78 is 39.9. The van der Waals surface area contributed by atoms with Crippen molar-refractivity contribution < 1.29 is 18.0 Å². The van der Waals surface area contributed by atoms with Crippen LogP contribution in [0.3, 0.4) is 0 Å². The zero-order chi connectivity index (χ0) is 18.9. The van der Waals surface area contributed by atoms with Gasteiger partial charge in [0.1, 0.15) is 6.33 Å². The van der Waals surface area contributed by atoms with E-state index in [4.69, 9.17) is 0 Å². The van der Waals surface area contributed by atoms with E-state index in [0.29, 0.717) is 0 Å². The molecule has 1 amide bonds. The number of tetrazole rings is 1. The molecule has 12 nitrogen and oxygen atoms in total. The number of nitrogens with one attached hydrogen (secondary N) is 1. The summed E-state index contributed by atoms with van der Waals surface area (Å²) >= 11 is 0. The molecule has 3 aromatic heterocycles. The first-order valence-corrected chi connectivity index (χ1v) is 7.17. The number of nitrogens with zero attached hydrogens (tertiary/aromatic N) is 9. The molecule has 15 heteroatoms. The molecule has 3 heterocycles. The summed E-state index contributed by atoms with van der Waals surface area (Å²) in [5.74, 6) is -0.974. The Balaban J connectivity index is 1.82. The van der Waals surface area contributed by atoms with Gasteiger partial charge in [-0.25, -0.2) is 9.36 Å². The van der Waals surface area contributed by atoms with E-state index in [-0.39, 0.29) is 24.7 Å². The van der Waals surface area contributed by atoms with Gasteiger partial charge in [-0.2, -0.15) is 32.9 Å². The fourth-order valence-corrected chi connectivity index (χ4v) is 2.03. The summed E-state index contributed by atoms with van der Waals surface area (Å²) in [5.41, 5.74) is -1.50. The second kappa shape index (κ2) is 6.49. The van der Waals surface area contributed by atoms with E-state index in [1.807, 2.05) is 0 Å². The maximum Gasteiger partial charge on any atom is 0.389 e. The second-order valence-corrected chi connectivity index (χ2v) is 5.16.